The van der Waals surface area contributed by atoms with Crippen molar-refractivity contribution in [3.63, 3.8) is 0 Å². The second kappa shape index (κ2) is 11.6. The second-order valence-corrected chi connectivity index (χ2v) is 8.88. The number of hydrazone groups is 1. The van der Waals surface area contributed by atoms with Crippen LogP contribution in [0.4, 0.5) is 0 Å². The van der Waals surface area contributed by atoms with Crippen molar-refractivity contribution < 1.29 is 19.1 Å². The number of nitrogens with zero attached hydrogens (tertiary/aromatic N) is 1. The minimum atomic E-state index is -0.621. The summed E-state index contributed by atoms with van der Waals surface area (Å²) in [4.78, 5) is 37.2. The van der Waals surface area contributed by atoms with Crippen LogP contribution in [-0.4, -0.2) is 30.5 Å². The highest BCUT2D eigenvalue weighted by Crippen LogP contribution is 2.28. The molecule has 0 aliphatic heterocycles. The lowest BCUT2D eigenvalue weighted by atomic mass is 10.0. The Bertz CT molecular complexity index is 1490. The molecule has 4 aromatic rings. The Kier molecular flexibility index (Phi) is 8.10. The molecule has 4 rings (SSSR count). The van der Waals surface area contributed by atoms with Gasteiger partial charge in [-0.15, -0.1) is 0 Å². The van der Waals surface area contributed by atoms with Crippen molar-refractivity contribution in [1.29, 1.82) is 0 Å². The van der Waals surface area contributed by atoms with Crippen LogP contribution in [-0.2, 0) is 4.79 Å². The number of amides is 2. The largest absolute Gasteiger partial charge is 0.422 e. The van der Waals surface area contributed by atoms with Gasteiger partial charge in [0.2, 0.25) is 0 Å². The lowest BCUT2D eigenvalue weighted by Crippen LogP contribution is -2.34. The first-order chi connectivity index (χ1) is 17.4. The van der Waals surface area contributed by atoms with Gasteiger partial charge in [-0.2, -0.15) is 5.10 Å². The predicted octanol–water partition coefficient (Wildman–Crippen LogP) is 5.36. The fraction of sp³-hybridized carbons (Fsp3) is 0.0370. The average molecular weight is 565 g/mol. The van der Waals surface area contributed by atoms with Gasteiger partial charge in [-0.1, -0.05) is 76.1 Å². The molecule has 0 aromatic heterocycles. The van der Waals surface area contributed by atoms with Gasteiger partial charge in [0.25, 0.3) is 11.8 Å². The summed E-state index contributed by atoms with van der Waals surface area (Å²) in [7, 11) is 0. The third-order valence-corrected chi connectivity index (χ3v) is 5.93. The molecule has 0 radical (unpaired) electrons. The molecule has 7 nitrogen and oxygen atoms in total. The van der Waals surface area contributed by atoms with Gasteiger partial charge in [0.15, 0.2) is 0 Å². The van der Waals surface area contributed by atoms with Crippen molar-refractivity contribution in [1.82, 2.24) is 10.7 Å². The van der Waals surface area contributed by atoms with E-state index in [4.69, 9.17) is 16.3 Å². The van der Waals surface area contributed by atoms with Crippen molar-refractivity contribution in [2.24, 2.45) is 5.10 Å². The van der Waals surface area contributed by atoms with Crippen LogP contribution in [0, 0.1) is 0 Å². The molecule has 0 saturated carbocycles. The minimum Gasteiger partial charge on any atom is -0.422 e. The van der Waals surface area contributed by atoms with Crippen LogP contribution in [0.3, 0.4) is 0 Å². The molecule has 2 amide bonds. The number of rotatable bonds is 7. The quantitative estimate of drug-likeness (QED) is 0.137. The lowest BCUT2D eigenvalue weighted by Gasteiger charge is -2.11. The van der Waals surface area contributed by atoms with Gasteiger partial charge in [0, 0.05) is 15.6 Å². The molecule has 2 N–H and O–H groups in total. The van der Waals surface area contributed by atoms with Crippen LogP contribution < -0.4 is 15.5 Å². The highest BCUT2D eigenvalue weighted by Gasteiger charge is 2.16. The molecule has 0 atom stereocenters. The first-order valence-corrected chi connectivity index (χ1v) is 11.9. The van der Waals surface area contributed by atoms with Gasteiger partial charge in [0.1, 0.15) is 5.75 Å². The Balaban J connectivity index is 1.48. The molecule has 0 aliphatic carbocycles. The van der Waals surface area contributed by atoms with E-state index in [1.54, 1.807) is 54.6 Å². The summed E-state index contributed by atoms with van der Waals surface area (Å²) >= 11 is 9.44. The van der Waals surface area contributed by atoms with E-state index in [1.807, 2.05) is 30.3 Å². The molecule has 0 unspecified atom stereocenters. The van der Waals surface area contributed by atoms with Crippen LogP contribution in [0.2, 0.25) is 5.02 Å². The summed E-state index contributed by atoms with van der Waals surface area (Å²) in [6, 6.07) is 24.3. The smallest absolute Gasteiger partial charge is 0.345 e. The fourth-order valence-corrected chi connectivity index (χ4v) is 3.99. The standard InChI is InChI=1S/C27H19BrClN3O4/c28-19-8-5-7-18(14-19)26(34)30-16-25(33)32-31-15-22-20-9-2-1-6-17(20)12-13-24(22)36-27(35)21-10-3-4-11-23(21)29/h1-15H,16H2,(H,30,34)(H,32,33)/b31-15-. The van der Waals surface area contributed by atoms with Crippen LogP contribution in [0.1, 0.15) is 26.3 Å². The molecule has 0 saturated heterocycles. The fourth-order valence-electron chi connectivity index (χ4n) is 3.38. The number of benzene rings is 4. The first-order valence-electron chi connectivity index (χ1n) is 10.8. The Morgan fingerprint density at radius 3 is 2.53 bits per heavy atom. The van der Waals surface area contributed by atoms with E-state index in [9.17, 15) is 14.4 Å². The van der Waals surface area contributed by atoms with E-state index in [2.05, 4.69) is 31.8 Å². The van der Waals surface area contributed by atoms with E-state index >= 15 is 0 Å². The van der Waals surface area contributed by atoms with Gasteiger partial charge in [-0.3, -0.25) is 9.59 Å². The zero-order valence-corrected chi connectivity index (χ0v) is 21.0. The number of halogens is 2. The summed E-state index contributed by atoms with van der Waals surface area (Å²) in [5.74, 6) is -1.29. The van der Waals surface area contributed by atoms with Crippen molar-refractivity contribution in [3.05, 3.63) is 111 Å². The number of hydrogen-bond acceptors (Lipinski definition) is 5. The maximum atomic E-state index is 12.7. The normalized spacial score (nSPS) is 10.8. The van der Waals surface area contributed by atoms with Crippen LogP contribution in [0.25, 0.3) is 10.8 Å². The van der Waals surface area contributed by atoms with Gasteiger partial charge < -0.3 is 10.1 Å². The topological polar surface area (TPSA) is 96.9 Å². The summed E-state index contributed by atoms with van der Waals surface area (Å²) in [6.45, 7) is -0.271. The van der Waals surface area contributed by atoms with Crippen molar-refractivity contribution in [3.8, 4) is 5.75 Å². The monoisotopic (exact) mass is 563 g/mol. The number of ether oxygens (including phenoxy) is 1. The van der Waals surface area contributed by atoms with Gasteiger partial charge >= 0.3 is 5.97 Å². The number of nitrogens with one attached hydrogen (secondary N) is 2. The van der Waals surface area contributed by atoms with E-state index in [0.29, 0.717) is 11.1 Å². The number of carbonyl (C=O) groups is 3. The highest BCUT2D eigenvalue weighted by atomic mass is 79.9. The van der Waals surface area contributed by atoms with Gasteiger partial charge in [-0.25, -0.2) is 10.2 Å². The Labute approximate surface area is 220 Å². The second-order valence-electron chi connectivity index (χ2n) is 7.55. The van der Waals surface area contributed by atoms with Crippen LogP contribution >= 0.6 is 27.5 Å². The summed E-state index contributed by atoms with van der Waals surface area (Å²) < 4.78 is 6.38. The molecule has 0 heterocycles. The Hall–Kier alpha value is -4.01. The molecule has 0 fully saturated rings. The maximum absolute atomic E-state index is 12.7. The summed E-state index contributed by atoms with van der Waals surface area (Å²) in [5, 5.41) is 8.48. The molecule has 4 aromatic carbocycles. The third kappa shape index (κ3) is 6.16. The number of esters is 1. The molecule has 0 aliphatic rings. The molecule has 0 bridgehead atoms. The molecular formula is C27H19BrClN3O4. The predicted molar refractivity (Wildman–Crippen MR) is 143 cm³/mol. The lowest BCUT2D eigenvalue weighted by molar-refractivity contribution is -0.120. The van der Waals surface area contributed by atoms with Crippen molar-refractivity contribution in [2.45, 2.75) is 0 Å². The Morgan fingerprint density at radius 2 is 1.72 bits per heavy atom. The average Bonchev–Trinajstić information content (AvgIpc) is 2.88. The van der Waals surface area contributed by atoms with E-state index < -0.39 is 17.8 Å². The molecule has 180 valence electrons. The van der Waals surface area contributed by atoms with E-state index in [0.717, 1.165) is 15.2 Å². The van der Waals surface area contributed by atoms with Crippen LogP contribution in [0.15, 0.2) is 94.5 Å². The first kappa shape index (κ1) is 25.1. The van der Waals surface area contributed by atoms with Crippen LogP contribution in [0.5, 0.6) is 5.75 Å². The Morgan fingerprint density at radius 1 is 0.944 bits per heavy atom. The maximum Gasteiger partial charge on any atom is 0.345 e. The molecule has 0 spiro atoms. The number of fused-ring (bicyclic) bond motifs is 1. The van der Waals surface area contributed by atoms with Gasteiger partial charge in [0.05, 0.1) is 23.3 Å². The molecule has 36 heavy (non-hydrogen) atoms. The minimum absolute atomic E-state index is 0.227. The number of hydrogen-bond donors (Lipinski definition) is 2. The summed E-state index contributed by atoms with van der Waals surface area (Å²) in [5.41, 5.74) is 3.52. The van der Waals surface area contributed by atoms with E-state index in [1.165, 1.54) is 6.21 Å². The van der Waals surface area contributed by atoms with Gasteiger partial charge in [-0.05, 0) is 47.2 Å². The number of carbonyl (C=O) groups excluding carboxylic acids is 3. The van der Waals surface area contributed by atoms with E-state index in [-0.39, 0.29) is 22.9 Å². The molecule has 9 heteroatoms. The SMILES string of the molecule is O=C(CNC(=O)c1cccc(Br)c1)N/N=C\c1c(OC(=O)c2ccccc2Cl)ccc2ccccc12. The third-order valence-electron chi connectivity index (χ3n) is 5.11. The highest BCUT2D eigenvalue weighted by molar-refractivity contribution is 9.10. The zero-order valence-electron chi connectivity index (χ0n) is 18.7. The van der Waals surface area contributed by atoms with Crippen molar-refractivity contribution in [2.75, 3.05) is 6.54 Å². The molecular weight excluding hydrogens is 546 g/mol. The van der Waals surface area contributed by atoms with Crippen molar-refractivity contribution >= 4 is 62.3 Å². The summed E-state index contributed by atoms with van der Waals surface area (Å²) in [6.07, 6.45) is 1.39. The zero-order chi connectivity index (χ0) is 25.5.